The zero-order valence-electron chi connectivity index (χ0n) is 4.89. The number of carboxylic acid groups (broad SMARTS) is 1. The van der Waals surface area contributed by atoms with Gasteiger partial charge in [-0.05, 0) is 6.42 Å². The van der Waals surface area contributed by atoms with Gasteiger partial charge in [0.1, 0.15) is 6.61 Å². The fourth-order valence-corrected chi connectivity index (χ4v) is 0.304. The number of ether oxygens (including phenoxy) is 1. The third kappa shape index (κ3) is 11.8. The van der Waals surface area contributed by atoms with Crippen LogP contribution in [0.15, 0.2) is 0 Å². The van der Waals surface area contributed by atoms with Crippen molar-refractivity contribution in [2.24, 2.45) is 0 Å². The second-order valence-corrected chi connectivity index (χ2v) is 1.45. The zero-order chi connectivity index (χ0) is 6.41. The first kappa shape index (κ1) is 12.1. The molecule has 4 heteroatoms. The molecule has 3 nitrogen and oxygen atoms in total. The minimum absolute atomic E-state index is 0. The van der Waals surface area contributed by atoms with Crippen LogP contribution < -0.4 is 0 Å². The summed E-state index contributed by atoms with van der Waals surface area (Å²) in [4.78, 5) is 9.75. The van der Waals surface area contributed by atoms with Crippen molar-refractivity contribution in [3.63, 3.8) is 0 Å². The Balaban J connectivity index is 0. The van der Waals surface area contributed by atoms with Gasteiger partial charge in [-0.3, -0.25) is 0 Å². The van der Waals surface area contributed by atoms with Crippen molar-refractivity contribution in [1.82, 2.24) is 0 Å². The van der Waals surface area contributed by atoms with Crippen molar-refractivity contribution < 1.29 is 14.6 Å². The van der Waals surface area contributed by atoms with Gasteiger partial charge in [0.05, 0.1) is 0 Å². The topological polar surface area (TPSA) is 46.5 Å². The summed E-state index contributed by atoms with van der Waals surface area (Å²) in [5.74, 6) is -0.904. The molecule has 0 rings (SSSR count). The van der Waals surface area contributed by atoms with Crippen molar-refractivity contribution in [1.29, 1.82) is 0 Å². The Labute approximate surface area is 76.7 Å². The quantitative estimate of drug-likeness (QED) is 0.438. The molecule has 0 radical (unpaired) electrons. The van der Waals surface area contributed by atoms with Crippen molar-refractivity contribution in [3.8, 4) is 0 Å². The molecule has 0 fully saturated rings. The predicted octanol–water partition coefficient (Wildman–Crippen LogP) is -0.151. The van der Waals surface area contributed by atoms with Gasteiger partial charge in [-0.1, -0.05) is 6.92 Å². The molecule has 0 aliphatic heterocycles. The van der Waals surface area contributed by atoms with Crippen LogP contribution in [-0.4, -0.2) is 53.8 Å². The second-order valence-electron chi connectivity index (χ2n) is 1.45. The van der Waals surface area contributed by atoms with Gasteiger partial charge < -0.3 is 9.84 Å². The molecule has 0 unspecified atom stereocenters. The summed E-state index contributed by atoms with van der Waals surface area (Å²) in [6.45, 7) is 2.29. The van der Waals surface area contributed by atoms with Crippen molar-refractivity contribution >= 4 is 35.5 Å². The van der Waals surface area contributed by atoms with Gasteiger partial charge in [-0.15, -0.1) is 0 Å². The Morgan fingerprint density at radius 3 is 2.56 bits per heavy atom. The van der Waals surface area contributed by atoms with Crippen LogP contribution in [0.4, 0.5) is 0 Å². The van der Waals surface area contributed by atoms with Crippen molar-refractivity contribution in [2.75, 3.05) is 13.2 Å². The fourth-order valence-electron chi connectivity index (χ4n) is 0.304. The first-order valence-electron chi connectivity index (χ1n) is 2.57. The maximum atomic E-state index is 9.75. The van der Waals surface area contributed by atoms with Gasteiger partial charge >= 0.3 is 35.5 Å². The van der Waals surface area contributed by atoms with Gasteiger partial charge in [0.2, 0.25) is 0 Å². The molecule has 0 aliphatic rings. The van der Waals surface area contributed by atoms with Gasteiger partial charge in [0, 0.05) is 6.61 Å². The molecule has 0 aromatic rings. The van der Waals surface area contributed by atoms with Gasteiger partial charge in [-0.2, -0.15) is 0 Å². The Morgan fingerprint density at radius 2 is 2.22 bits per heavy atom. The molecule has 0 amide bonds. The van der Waals surface area contributed by atoms with E-state index in [1.807, 2.05) is 6.92 Å². The third-order valence-electron chi connectivity index (χ3n) is 0.574. The van der Waals surface area contributed by atoms with E-state index in [9.17, 15) is 4.79 Å². The van der Waals surface area contributed by atoms with E-state index in [0.29, 0.717) is 6.61 Å². The first-order valence-corrected chi connectivity index (χ1v) is 2.57. The average molecular weight is 142 g/mol. The summed E-state index contributed by atoms with van der Waals surface area (Å²) in [6, 6.07) is 0. The molecule has 0 aliphatic carbocycles. The van der Waals surface area contributed by atoms with Gasteiger partial charge in [0.15, 0.2) is 0 Å². The maximum absolute atomic E-state index is 9.75. The molecule has 0 bridgehead atoms. The molecule has 0 aromatic carbocycles. The Kier molecular flexibility index (Phi) is 11.4. The van der Waals surface area contributed by atoms with Gasteiger partial charge in [-0.25, -0.2) is 4.79 Å². The standard InChI is InChI=1S/C5H10O3.Na.H/c1-2-3-8-4-5(6)7;;/h2-4H2,1H3,(H,6,7);;. The van der Waals surface area contributed by atoms with Gasteiger partial charge in [0.25, 0.3) is 0 Å². The van der Waals surface area contributed by atoms with Crippen LogP contribution >= 0.6 is 0 Å². The summed E-state index contributed by atoms with van der Waals surface area (Å²) >= 11 is 0. The molecular weight excluding hydrogens is 131 g/mol. The molecular formula is C5H11NaO3. The summed E-state index contributed by atoms with van der Waals surface area (Å²) in [5.41, 5.74) is 0. The molecule has 0 saturated carbocycles. The van der Waals surface area contributed by atoms with Crippen molar-refractivity contribution in [2.45, 2.75) is 13.3 Å². The van der Waals surface area contributed by atoms with Crippen LogP contribution in [0.25, 0.3) is 0 Å². The van der Waals surface area contributed by atoms with E-state index >= 15 is 0 Å². The SMILES string of the molecule is CCCOCC(=O)O.[NaH]. The van der Waals surface area contributed by atoms with E-state index in [2.05, 4.69) is 4.74 Å². The van der Waals surface area contributed by atoms with Crippen LogP contribution in [0.3, 0.4) is 0 Å². The van der Waals surface area contributed by atoms with Crippen molar-refractivity contribution in [3.05, 3.63) is 0 Å². The van der Waals surface area contributed by atoms with Crippen LogP contribution in [0.5, 0.6) is 0 Å². The molecule has 0 atom stereocenters. The fraction of sp³-hybridized carbons (Fsp3) is 0.800. The molecule has 1 N–H and O–H groups in total. The van der Waals surface area contributed by atoms with E-state index in [1.54, 1.807) is 0 Å². The summed E-state index contributed by atoms with van der Waals surface area (Å²) in [6.07, 6.45) is 0.868. The minimum atomic E-state index is -0.904. The molecule has 9 heavy (non-hydrogen) atoms. The Bertz CT molecular complexity index is 74.6. The third-order valence-corrected chi connectivity index (χ3v) is 0.574. The van der Waals surface area contributed by atoms with Crippen LogP contribution in [0.1, 0.15) is 13.3 Å². The summed E-state index contributed by atoms with van der Waals surface area (Å²) in [7, 11) is 0. The zero-order valence-corrected chi connectivity index (χ0v) is 4.89. The predicted molar refractivity (Wildman–Crippen MR) is 35.9 cm³/mol. The Morgan fingerprint density at radius 1 is 1.67 bits per heavy atom. The molecule has 0 saturated heterocycles. The first-order chi connectivity index (χ1) is 3.77. The number of hydrogen-bond acceptors (Lipinski definition) is 2. The van der Waals surface area contributed by atoms with E-state index in [1.165, 1.54) is 0 Å². The molecule has 0 aromatic heterocycles. The van der Waals surface area contributed by atoms with E-state index in [0.717, 1.165) is 6.42 Å². The van der Waals surface area contributed by atoms with E-state index in [-0.39, 0.29) is 36.2 Å². The Hall–Kier alpha value is 0.430. The second kappa shape index (κ2) is 8.43. The summed E-state index contributed by atoms with van der Waals surface area (Å²) in [5, 5.41) is 8.02. The number of aliphatic carboxylic acids is 1. The molecule has 0 spiro atoms. The van der Waals surface area contributed by atoms with E-state index in [4.69, 9.17) is 5.11 Å². The summed E-state index contributed by atoms with van der Waals surface area (Å²) < 4.78 is 4.64. The molecule has 0 heterocycles. The van der Waals surface area contributed by atoms with Crippen LogP contribution in [0.2, 0.25) is 0 Å². The monoisotopic (exact) mass is 142 g/mol. The molecule has 50 valence electrons. The van der Waals surface area contributed by atoms with Crippen LogP contribution in [0, 0.1) is 0 Å². The number of hydrogen-bond donors (Lipinski definition) is 1. The van der Waals surface area contributed by atoms with E-state index < -0.39 is 5.97 Å². The number of carbonyl (C=O) groups is 1. The normalized spacial score (nSPS) is 8.11. The average Bonchev–Trinajstić information content (AvgIpc) is 1.66. The number of carboxylic acids is 1. The van der Waals surface area contributed by atoms with Crippen LogP contribution in [-0.2, 0) is 9.53 Å². The number of rotatable bonds is 4.